The Bertz CT molecular complexity index is 1110. The summed E-state index contributed by atoms with van der Waals surface area (Å²) < 4.78 is 27.5. The van der Waals surface area contributed by atoms with E-state index in [-0.39, 0.29) is 23.8 Å². The zero-order chi connectivity index (χ0) is 33.8. The number of hydrogen-bond acceptors (Lipinski definition) is 15. The highest BCUT2D eigenvalue weighted by Crippen LogP contribution is 2.30. The normalized spacial score (nSPS) is 31.3. The van der Waals surface area contributed by atoms with Gasteiger partial charge in [-0.2, -0.15) is 0 Å². The Morgan fingerprint density at radius 3 is 2.07 bits per heavy atom. The largest absolute Gasteiger partial charge is 0.469 e. The molecule has 7 N–H and O–H groups in total. The van der Waals surface area contributed by atoms with Crippen molar-refractivity contribution in [3.05, 3.63) is 39.9 Å². The van der Waals surface area contributed by atoms with Crippen molar-refractivity contribution in [2.75, 3.05) is 26.9 Å². The van der Waals surface area contributed by atoms with Gasteiger partial charge in [0.05, 0.1) is 25.2 Å². The molecule has 0 aromatic heterocycles. The highest BCUT2D eigenvalue weighted by molar-refractivity contribution is 5.94. The number of hydrogen-bond donors (Lipinski definition) is 7. The van der Waals surface area contributed by atoms with Gasteiger partial charge in [0.2, 0.25) is 0 Å². The van der Waals surface area contributed by atoms with E-state index in [1.54, 1.807) is 0 Å². The molecular formula is C29H44N2O15. The van der Waals surface area contributed by atoms with Gasteiger partial charge in [0.15, 0.2) is 12.6 Å². The van der Waals surface area contributed by atoms with Crippen molar-refractivity contribution in [1.82, 2.24) is 5.32 Å². The molecule has 0 saturated carbocycles. The lowest BCUT2D eigenvalue weighted by Crippen LogP contribution is -2.67. The predicted octanol–water partition coefficient (Wildman–Crippen LogP) is -1.12. The van der Waals surface area contributed by atoms with Gasteiger partial charge in [-0.3, -0.25) is 19.7 Å². The summed E-state index contributed by atoms with van der Waals surface area (Å²) in [7, 11) is 1.35. The number of benzene rings is 1. The van der Waals surface area contributed by atoms with E-state index in [4.69, 9.17) is 18.9 Å². The first-order valence-electron chi connectivity index (χ1n) is 15.2. The standard InChI is InChI=1S/C29H44N2O15/c1-42-20(34)8-6-4-2-3-5-7-13-43-28-21(30-27(39)16-9-11-17(12-10-16)31(40)41)23(36)26(19(15-33)45-28)46-29-25(38)24(37)22(35)18(14-32)44-29/h9-12,18-19,21-26,28-29,32-33,35-38H,2-8,13-15H2,1H3,(H,30,39)/t18-,19-,21-,22+,23-,24+,25-,26-,28-,29+/m1/s1. The number of nitrogens with zero attached hydrogens (tertiary/aromatic N) is 1. The SMILES string of the molecule is COC(=O)CCCCCCCCO[C@@H]1O[C@H](CO)[C@@H](O[C@@H]2O[C@H](CO)[C@H](O)[C@H](O)[C@H]2O)[C@H](O)[C@H]1NC(=O)c1ccc([N+](=O)[O-])cc1. The number of esters is 1. The fourth-order valence-corrected chi connectivity index (χ4v) is 5.22. The number of methoxy groups -OCH3 is 1. The lowest BCUT2D eigenvalue weighted by molar-refractivity contribution is -0.384. The number of amides is 1. The second kappa shape index (κ2) is 18.5. The first kappa shape index (κ1) is 37.6. The highest BCUT2D eigenvalue weighted by atomic mass is 16.7. The maximum atomic E-state index is 13.1. The molecule has 0 aliphatic carbocycles. The molecule has 17 heteroatoms. The van der Waals surface area contributed by atoms with Crippen molar-refractivity contribution in [3.63, 3.8) is 0 Å². The van der Waals surface area contributed by atoms with Crippen LogP contribution < -0.4 is 5.32 Å². The number of non-ortho nitro benzene ring substituents is 1. The Labute approximate surface area is 265 Å². The smallest absolute Gasteiger partial charge is 0.305 e. The van der Waals surface area contributed by atoms with Crippen LogP contribution in [0.25, 0.3) is 0 Å². The van der Waals surface area contributed by atoms with Gasteiger partial charge in [0, 0.05) is 30.7 Å². The Kier molecular flexibility index (Phi) is 15.1. The van der Waals surface area contributed by atoms with Crippen molar-refractivity contribution in [2.45, 2.75) is 106 Å². The Morgan fingerprint density at radius 1 is 0.848 bits per heavy atom. The summed E-state index contributed by atoms with van der Waals surface area (Å²) in [5, 5.41) is 75.3. The maximum Gasteiger partial charge on any atom is 0.305 e. The minimum atomic E-state index is -1.81. The Morgan fingerprint density at radius 2 is 1.46 bits per heavy atom. The van der Waals surface area contributed by atoms with Crippen molar-refractivity contribution in [3.8, 4) is 0 Å². The molecule has 1 amide bonds. The monoisotopic (exact) mass is 660 g/mol. The number of nitro groups is 1. The number of aliphatic hydroxyl groups is 6. The zero-order valence-corrected chi connectivity index (χ0v) is 25.5. The maximum absolute atomic E-state index is 13.1. The van der Waals surface area contributed by atoms with Gasteiger partial charge >= 0.3 is 5.97 Å². The number of carbonyl (C=O) groups excluding carboxylic acids is 2. The van der Waals surface area contributed by atoms with E-state index in [2.05, 4.69) is 10.1 Å². The highest BCUT2D eigenvalue weighted by Gasteiger charge is 2.51. The van der Waals surface area contributed by atoms with Crippen molar-refractivity contribution < 1.29 is 68.8 Å². The van der Waals surface area contributed by atoms with Crippen LogP contribution in [0.4, 0.5) is 5.69 Å². The van der Waals surface area contributed by atoms with Crippen molar-refractivity contribution in [2.24, 2.45) is 0 Å². The summed E-state index contributed by atoms with van der Waals surface area (Å²) in [5.41, 5.74) is -0.208. The number of nitro benzene ring substituents is 1. The third kappa shape index (κ3) is 10.1. The van der Waals surface area contributed by atoms with Gasteiger partial charge in [-0.25, -0.2) is 0 Å². The third-order valence-electron chi connectivity index (χ3n) is 7.92. The second-order valence-electron chi connectivity index (χ2n) is 11.1. The van der Waals surface area contributed by atoms with E-state index >= 15 is 0 Å². The summed E-state index contributed by atoms with van der Waals surface area (Å²) in [6.45, 7) is -1.28. The van der Waals surface area contributed by atoms with Crippen LogP contribution in [0, 0.1) is 10.1 Å². The van der Waals surface area contributed by atoms with E-state index in [0.29, 0.717) is 12.8 Å². The number of nitrogens with one attached hydrogen (secondary N) is 1. The van der Waals surface area contributed by atoms with Crippen LogP contribution in [0.2, 0.25) is 0 Å². The van der Waals surface area contributed by atoms with Crippen LogP contribution in [0.1, 0.15) is 55.3 Å². The molecule has 2 saturated heterocycles. The average molecular weight is 661 g/mol. The molecule has 2 fully saturated rings. The van der Waals surface area contributed by atoms with E-state index in [0.717, 1.165) is 44.2 Å². The molecular weight excluding hydrogens is 616 g/mol. The molecule has 0 bridgehead atoms. The minimum Gasteiger partial charge on any atom is -0.469 e. The molecule has 260 valence electrons. The number of rotatable bonds is 17. The van der Waals surface area contributed by atoms with Crippen LogP contribution in [0.5, 0.6) is 0 Å². The van der Waals surface area contributed by atoms with Crippen LogP contribution in [0.3, 0.4) is 0 Å². The lowest BCUT2D eigenvalue weighted by Gasteiger charge is -2.47. The van der Waals surface area contributed by atoms with Gasteiger partial charge in [-0.05, 0) is 25.0 Å². The molecule has 1 aromatic rings. The number of aliphatic hydroxyl groups excluding tert-OH is 6. The molecule has 1 aromatic carbocycles. The van der Waals surface area contributed by atoms with Gasteiger partial charge in [-0.15, -0.1) is 0 Å². The molecule has 0 spiro atoms. The molecule has 0 unspecified atom stereocenters. The summed E-state index contributed by atoms with van der Waals surface area (Å²) >= 11 is 0. The third-order valence-corrected chi connectivity index (χ3v) is 7.92. The van der Waals surface area contributed by atoms with Crippen LogP contribution >= 0.6 is 0 Å². The van der Waals surface area contributed by atoms with E-state index in [1.807, 2.05) is 0 Å². The topological polar surface area (TPSA) is 257 Å². The number of ether oxygens (including phenoxy) is 5. The first-order valence-corrected chi connectivity index (χ1v) is 15.2. The van der Waals surface area contributed by atoms with Gasteiger partial charge in [0.25, 0.3) is 11.6 Å². The molecule has 10 atom stereocenters. The van der Waals surface area contributed by atoms with Crippen molar-refractivity contribution >= 4 is 17.6 Å². The number of carbonyl (C=O) groups is 2. The van der Waals surface area contributed by atoms with Crippen LogP contribution in [-0.2, 0) is 28.5 Å². The fourth-order valence-electron chi connectivity index (χ4n) is 5.22. The molecule has 2 aliphatic rings. The van der Waals surface area contributed by atoms with Gasteiger partial charge in [0.1, 0.15) is 48.8 Å². The second-order valence-corrected chi connectivity index (χ2v) is 11.1. The molecule has 2 heterocycles. The Balaban J connectivity index is 1.69. The van der Waals surface area contributed by atoms with Crippen molar-refractivity contribution in [1.29, 1.82) is 0 Å². The van der Waals surface area contributed by atoms with Gasteiger partial charge in [-0.1, -0.05) is 25.7 Å². The van der Waals surface area contributed by atoms with Crippen LogP contribution in [-0.4, -0.2) is 136 Å². The minimum absolute atomic E-state index is 0.0273. The van der Waals surface area contributed by atoms with Crippen LogP contribution in [0.15, 0.2) is 24.3 Å². The summed E-state index contributed by atoms with van der Waals surface area (Å²) in [5.74, 6) is -0.988. The molecule has 2 aliphatic heterocycles. The van der Waals surface area contributed by atoms with Gasteiger partial charge < -0.3 is 59.6 Å². The zero-order valence-electron chi connectivity index (χ0n) is 25.5. The average Bonchev–Trinajstić information content (AvgIpc) is 3.06. The summed E-state index contributed by atoms with van der Waals surface area (Å²) in [4.78, 5) is 34.7. The fraction of sp³-hybridized carbons (Fsp3) is 0.724. The molecule has 0 radical (unpaired) electrons. The summed E-state index contributed by atoms with van der Waals surface area (Å²) in [6, 6.07) is 3.41. The van der Waals surface area contributed by atoms with E-state index in [1.165, 1.54) is 19.2 Å². The van der Waals surface area contributed by atoms with E-state index < -0.39 is 85.4 Å². The first-order chi connectivity index (χ1) is 22.0. The number of unbranched alkanes of at least 4 members (excludes halogenated alkanes) is 5. The van der Waals surface area contributed by atoms with E-state index in [9.17, 15) is 50.3 Å². The predicted molar refractivity (Wildman–Crippen MR) is 155 cm³/mol. The summed E-state index contributed by atoms with van der Waals surface area (Å²) in [6.07, 6.45) is -8.84. The molecule has 46 heavy (non-hydrogen) atoms. The Hall–Kier alpha value is -2.84. The quantitative estimate of drug-likeness (QED) is 0.0452. The lowest BCUT2D eigenvalue weighted by atomic mass is 9.95. The molecule has 3 rings (SSSR count). The molecule has 17 nitrogen and oxygen atoms in total.